The zero-order valence-corrected chi connectivity index (χ0v) is 10.1. The van der Waals surface area contributed by atoms with Crippen molar-refractivity contribution < 1.29 is 9.00 Å². The number of hydrogen-bond donors (Lipinski definition) is 2. The molecule has 1 rings (SSSR count). The number of carbonyl (C=O) groups excluding carboxylic acids is 1. The Balaban J connectivity index is 2.13. The number of nitrogens with one attached hydrogen (secondary N) is 1. The number of hydrogen-bond acceptors (Lipinski definition) is 3. The standard InChI is InChI=1S/C9H17NO2S2/c1-14(12)5-4-10-8(11)6-9(7-13)2-3-9/h13H,2-7H2,1H3,(H,10,11). The summed E-state index contributed by atoms with van der Waals surface area (Å²) in [6.45, 7) is 0.518. The second-order valence-electron chi connectivity index (χ2n) is 3.96. The molecule has 1 saturated carbocycles. The molecule has 1 atom stereocenters. The molecule has 1 fully saturated rings. The molecule has 0 aromatic rings. The molecule has 82 valence electrons. The van der Waals surface area contributed by atoms with Crippen LogP contribution in [0.3, 0.4) is 0 Å². The maximum Gasteiger partial charge on any atom is 0.220 e. The summed E-state index contributed by atoms with van der Waals surface area (Å²) in [6, 6.07) is 0. The van der Waals surface area contributed by atoms with Crippen molar-refractivity contribution in [3.63, 3.8) is 0 Å². The summed E-state index contributed by atoms with van der Waals surface area (Å²) in [5, 5.41) is 2.78. The second kappa shape index (κ2) is 5.16. The number of amides is 1. The van der Waals surface area contributed by atoms with E-state index in [0.717, 1.165) is 18.6 Å². The van der Waals surface area contributed by atoms with Crippen LogP contribution in [0.15, 0.2) is 0 Å². The molecule has 0 bridgehead atoms. The molecule has 5 heteroatoms. The molecule has 0 aromatic heterocycles. The van der Waals surface area contributed by atoms with Crippen LogP contribution in [0.25, 0.3) is 0 Å². The molecule has 0 spiro atoms. The van der Waals surface area contributed by atoms with Crippen LogP contribution in [0.2, 0.25) is 0 Å². The first-order valence-corrected chi connectivity index (χ1v) is 7.11. The number of thiol groups is 1. The monoisotopic (exact) mass is 235 g/mol. The van der Waals surface area contributed by atoms with Gasteiger partial charge in [0.2, 0.25) is 5.91 Å². The number of carbonyl (C=O) groups is 1. The molecule has 1 aliphatic rings. The second-order valence-corrected chi connectivity index (χ2v) is 5.83. The Bertz CT molecular complexity index is 239. The molecule has 1 amide bonds. The molecule has 1 N–H and O–H groups in total. The fourth-order valence-corrected chi connectivity index (χ4v) is 2.12. The quantitative estimate of drug-likeness (QED) is 0.662. The third-order valence-electron chi connectivity index (χ3n) is 2.54. The lowest BCUT2D eigenvalue weighted by Crippen LogP contribution is -2.29. The van der Waals surface area contributed by atoms with Crippen molar-refractivity contribution >= 4 is 29.3 Å². The van der Waals surface area contributed by atoms with Crippen molar-refractivity contribution in [2.45, 2.75) is 19.3 Å². The average molecular weight is 235 g/mol. The van der Waals surface area contributed by atoms with Crippen LogP contribution in [0.5, 0.6) is 0 Å². The Labute approximate surface area is 92.9 Å². The average Bonchev–Trinajstić information content (AvgIpc) is 2.85. The first-order valence-electron chi connectivity index (χ1n) is 4.76. The predicted molar refractivity (Wildman–Crippen MR) is 62.1 cm³/mol. The lowest BCUT2D eigenvalue weighted by Gasteiger charge is -2.11. The van der Waals surface area contributed by atoms with Crippen LogP contribution in [-0.4, -0.2) is 34.4 Å². The molecule has 14 heavy (non-hydrogen) atoms. The molecule has 3 nitrogen and oxygen atoms in total. The Morgan fingerprint density at radius 1 is 1.57 bits per heavy atom. The molecule has 0 saturated heterocycles. The topological polar surface area (TPSA) is 46.2 Å². The summed E-state index contributed by atoms with van der Waals surface area (Å²) >= 11 is 4.23. The predicted octanol–water partition coefficient (Wildman–Crippen LogP) is 0.581. The highest BCUT2D eigenvalue weighted by Gasteiger charge is 2.42. The maximum atomic E-state index is 11.4. The molecule has 1 unspecified atom stereocenters. The van der Waals surface area contributed by atoms with Gasteiger partial charge < -0.3 is 5.32 Å². The van der Waals surface area contributed by atoms with Gasteiger partial charge >= 0.3 is 0 Å². The Morgan fingerprint density at radius 3 is 2.64 bits per heavy atom. The van der Waals surface area contributed by atoms with E-state index in [1.165, 1.54) is 0 Å². The first kappa shape index (κ1) is 12.0. The zero-order valence-electron chi connectivity index (χ0n) is 8.41. The molecule has 0 aromatic carbocycles. The molecule has 0 aliphatic heterocycles. The van der Waals surface area contributed by atoms with Crippen molar-refractivity contribution in [1.29, 1.82) is 0 Å². The van der Waals surface area contributed by atoms with E-state index in [1.54, 1.807) is 6.26 Å². The van der Waals surface area contributed by atoms with Gasteiger partial charge in [-0.1, -0.05) is 0 Å². The van der Waals surface area contributed by atoms with Crippen LogP contribution in [0, 0.1) is 5.41 Å². The summed E-state index contributed by atoms with van der Waals surface area (Å²) in [4.78, 5) is 11.4. The van der Waals surface area contributed by atoms with Gasteiger partial charge in [0.15, 0.2) is 0 Å². The van der Waals surface area contributed by atoms with Crippen molar-refractivity contribution in [2.75, 3.05) is 24.3 Å². The third-order valence-corrected chi connectivity index (χ3v) is 3.99. The summed E-state index contributed by atoms with van der Waals surface area (Å²) in [7, 11) is -0.821. The lowest BCUT2D eigenvalue weighted by molar-refractivity contribution is -0.121. The Hall–Kier alpha value is -0.0300. The van der Waals surface area contributed by atoms with Crippen LogP contribution in [-0.2, 0) is 15.6 Å². The highest BCUT2D eigenvalue weighted by molar-refractivity contribution is 7.84. The largest absolute Gasteiger partial charge is 0.355 e. The summed E-state index contributed by atoms with van der Waals surface area (Å²) in [5.74, 6) is 1.40. The van der Waals surface area contributed by atoms with Gasteiger partial charge in [-0.3, -0.25) is 9.00 Å². The fraction of sp³-hybridized carbons (Fsp3) is 0.889. The molecule has 0 radical (unpaired) electrons. The van der Waals surface area contributed by atoms with Gasteiger partial charge in [-0.2, -0.15) is 12.6 Å². The van der Waals surface area contributed by atoms with Crippen molar-refractivity contribution in [3.05, 3.63) is 0 Å². The van der Waals surface area contributed by atoms with E-state index in [1.807, 2.05) is 0 Å². The van der Waals surface area contributed by atoms with Gasteiger partial charge in [0.05, 0.1) is 0 Å². The van der Waals surface area contributed by atoms with E-state index in [9.17, 15) is 9.00 Å². The van der Waals surface area contributed by atoms with Gasteiger partial charge in [-0.05, 0) is 24.0 Å². The minimum absolute atomic E-state index is 0.0713. The van der Waals surface area contributed by atoms with E-state index in [0.29, 0.717) is 18.7 Å². The van der Waals surface area contributed by atoms with Gasteiger partial charge in [-0.15, -0.1) is 0 Å². The van der Waals surface area contributed by atoms with Crippen molar-refractivity contribution in [3.8, 4) is 0 Å². The smallest absolute Gasteiger partial charge is 0.220 e. The zero-order chi connectivity index (χ0) is 10.6. The van der Waals surface area contributed by atoms with E-state index >= 15 is 0 Å². The highest BCUT2D eigenvalue weighted by atomic mass is 32.2. The van der Waals surface area contributed by atoms with Crippen molar-refractivity contribution in [1.82, 2.24) is 5.32 Å². The summed E-state index contributed by atoms with van der Waals surface area (Å²) in [5.41, 5.74) is 0.179. The van der Waals surface area contributed by atoms with Gasteiger partial charge in [-0.25, -0.2) is 0 Å². The molecular weight excluding hydrogens is 218 g/mol. The minimum Gasteiger partial charge on any atom is -0.355 e. The Kier molecular flexibility index (Phi) is 4.44. The number of rotatable bonds is 6. The van der Waals surface area contributed by atoms with Gasteiger partial charge in [0, 0.05) is 35.8 Å². The third kappa shape index (κ3) is 4.00. The Morgan fingerprint density at radius 2 is 2.21 bits per heavy atom. The summed E-state index contributed by atoms with van der Waals surface area (Å²) in [6.07, 6.45) is 4.45. The van der Waals surface area contributed by atoms with E-state index in [4.69, 9.17) is 0 Å². The SMILES string of the molecule is CS(=O)CCNC(=O)CC1(CS)CC1. The van der Waals surface area contributed by atoms with Crippen LogP contribution in [0.4, 0.5) is 0 Å². The van der Waals surface area contributed by atoms with Gasteiger partial charge in [0.25, 0.3) is 0 Å². The van der Waals surface area contributed by atoms with Crippen LogP contribution < -0.4 is 5.32 Å². The normalized spacial score (nSPS) is 20.1. The summed E-state index contributed by atoms with van der Waals surface area (Å²) < 4.78 is 10.7. The van der Waals surface area contributed by atoms with Crippen molar-refractivity contribution in [2.24, 2.45) is 5.41 Å². The molecular formula is C9H17NO2S2. The fourth-order valence-electron chi connectivity index (χ4n) is 1.30. The van der Waals surface area contributed by atoms with Crippen LogP contribution in [0.1, 0.15) is 19.3 Å². The van der Waals surface area contributed by atoms with Gasteiger partial charge in [0.1, 0.15) is 0 Å². The van der Waals surface area contributed by atoms with Crippen LogP contribution >= 0.6 is 12.6 Å². The van der Waals surface area contributed by atoms with E-state index < -0.39 is 10.8 Å². The maximum absolute atomic E-state index is 11.4. The van der Waals surface area contributed by atoms with E-state index in [2.05, 4.69) is 17.9 Å². The van der Waals surface area contributed by atoms with E-state index in [-0.39, 0.29) is 11.3 Å². The molecule has 1 aliphatic carbocycles. The molecule has 0 heterocycles. The minimum atomic E-state index is -0.821. The highest BCUT2D eigenvalue weighted by Crippen LogP contribution is 2.49. The first-order chi connectivity index (χ1) is 6.58. The lowest BCUT2D eigenvalue weighted by atomic mass is 10.1.